The van der Waals surface area contributed by atoms with Crippen LogP contribution in [0.25, 0.3) is 0 Å². The van der Waals surface area contributed by atoms with Crippen LogP contribution in [-0.4, -0.2) is 30.3 Å². The molecule has 0 saturated heterocycles. The van der Waals surface area contributed by atoms with Crippen LogP contribution in [0, 0.1) is 0 Å². The predicted octanol–water partition coefficient (Wildman–Crippen LogP) is 3.96. The van der Waals surface area contributed by atoms with E-state index in [1.165, 1.54) is 5.56 Å². The fourth-order valence-electron chi connectivity index (χ4n) is 2.39. The fourth-order valence-corrected chi connectivity index (χ4v) is 2.80. The molecule has 0 amide bonds. The Morgan fingerprint density at radius 3 is 2.65 bits per heavy atom. The molecule has 0 aliphatic heterocycles. The summed E-state index contributed by atoms with van der Waals surface area (Å²) >= 11 is 3.49. The highest BCUT2D eigenvalue weighted by Crippen LogP contribution is 2.16. The second-order valence-corrected chi connectivity index (χ2v) is 5.97. The molecule has 3 nitrogen and oxygen atoms in total. The van der Waals surface area contributed by atoms with Gasteiger partial charge in [-0.15, -0.1) is 0 Å². The lowest BCUT2D eigenvalue weighted by Gasteiger charge is -2.28. The molecule has 0 aliphatic carbocycles. The number of hydrogen-bond acceptors (Lipinski definition) is 3. The second-order valence-electron chi connectivity index (χ2n) is 5.06. The zero-order valence-electron chi connectivity index (χ0n) is 12.9. The van der Waals surface area contributed by atoms with Gasteiger partial charge in [0.15, 0.2) is 0 Å². The molecular formula is C16H27BrN2O. The van der Waals surface area contributed by atoms with Crippen molar-refractivity contribution in [3.8, 4) is 0 Å². The van der Waals surface area contributed by atoms with Crippen LogP contribution in [0.15, 0.2) is 22.9 Å². The Balaban J connectivity index is 2.75. The molecule has 0 radical (unpaired) electrons. The number of nitrogens with zero attached hydrogens (tertiary/aromatic N) is 1. The minimum atomic E-state index is 0.274. The fraction of sp³-hybridized carbons (Fsp3) is 0.688. The average molecular weight is 343 g/mol. The van der Waals surface area contributed by atoms with E-state index in [9.17, 15) is 0 Å². The average Bonchev–Trinajstić information content (AvgIpc) is 2.43. The van der Waals surface area contributed by atoms with Gasteiger partial charge in [-0.1, -0.05) is 20.3 Å². The van der Waals surface area contributed by atoms with E-state index in [0.717, 1.165) is 43.3 Å². The largest absolute Gasteiger partial charge is 0.377 e. The number of pyridine rings is 1. The van der Waals surface area contributed by atoms with Crippen LogP contribution in [0.1, 0.15) is 45.6 Å². The molecule has 20 heavy (non-hydrogen) atoms. The molecule has 0 saturated carbocycles. The molecule has 1 N–H and O–H groups in total. The number of hydrogen-bond donors (Lipinski definition) is 1. The first-order valence-electron chi connectivity index (χ1n) is 7.65. The Morgan fingerprint density at radius 1 is 1.25 bits per heavy atom. The monoisotopic (exact) mass is 342 g/mol. The van der Waals surface area contributed by atoms with Gasteiger partial charge in [-0.2, -0.15) is 0 Å². The summed E-state index contributed by atoms with van der Waals surface area (Å²) in [6, 6.07) is 2.49. The van der Waals surface area contributed by atoms with Gasteiger partial charge in [0.05, 0.1) is 6.10 Å². The summed E-state index contributed by atoms with van der Waals surface area (Å²) in [5.41, 5.74) is 1.24. The molecule has 0 fully saturated rings. The Bertz CT molecular complexity index is 367. The SMILES string of the molecule is CCCNC(Cc1cncc(Br)c1)C(CCC)OCC. The molecule has 2 unspecified atom stereocenters. The number of aromatic nitrogens is 1. The molecule has 0 aliphatic rings. The molecule has 1 heterocycles. The molecule has 114 valence electrons. The first kappa shape index (κ1) is 17.6. The van der Waals surface area contributed by atoms with Crippen molar-refractivity contribution in [2.75, 3.05) is 13.2 Å². The van der Waals surface area contributed by atoms with Crippen LogP contribution in [-0.2, 0) is 11.2 Å². The third-order valence-corrected chi connectivity index (χ3v) is 3.71. The summed E-state index contributed by atoms with van der Waals surface area (Å²) in [5, 5.41) is 3.64. The molecule has 2 atom stereocenters. The lowest BCUT2D eigenvalue weighted by molar-refractivity contribution is 0.0282. The quantitative estimate of drug-likeness (QED) is 0.698. The highest BCUT2D eigenvalue weighted by Gasteiger charge is 2.21. The molecule has 1 aromatic rings. The van der Waals surface area contributed by atoms with E-state index < -0.39 is 0 Å². The maximum absolute atomic E-state index is 5.95. The van der Waals surface area contributed by atoms with Crippen molar-refractivity contribution in [3.63, 3.8) is 0 Å². The van der Waals surface area contributed by atoms with Crippen molar-refractivity contribution in [1.29, 1.82) is 0 Å². The number of ether oxygens (including phenoxy) is 1. The van der Waals surface area contributed by atoms with E-state index in [-0.39, 0.29) is 6.10 Å². The summed E-state index contributed by atoms with van der Waals surface area (Å²) < 4.78 is 6.98. The minimum absolute atomic E-state index is 0.274. The van der Waals surface area contributed by atoms with E-state index in [2.05, 4.69) is 53.1 Å². The van der Waals surface area contributed by atoms with Crippen LogP contribution in [0.4, 0.5) is 0 Å². The van der Waals surface area contributed by atoms with Crippen LogP contribution >= 0.6 is 15.9 Å². The van der Waals surface area contributed by atoms with Gasteiger partial charge in [-0.3, -0.25) is 4.98 Å². The van der Waals surface area contributed by atoms with Gasteiger partial charge in [-0.25, -0.2) is 0 Å². The Labute approximate surface area is 131 Å². The standard InChI is InChI=1S/C16H27BrN2O/c1-4-7-16(20-6-3)15(19-8-5-2)10-13-9-14(17)12-18-11-13/h9,11-12,15-16,19H,4-8,10H2,1-3H3. The Morgan fingerprint density at radius 2 is 2.05 bits per heavy atom. The first-order valence-corrected chi connectivity index (χ1v) is 8.44. The van der Waals surface area contributed by atoms with Crippen LogP contribution in [0.5, 0.6) is 0 Å². The maximum Gasteiger partial charge on any atom is 0.0731 e. The molecule has 1 aromatic heterocycles. The second kappa shape index (κ2) is 10.3. The zero-order chi connectivity index (χ0) is 14.8. The molecule has 0 aromatic carbocycles. The summed E-state index contributed by atoms with van der Waals surface area (Å²) in [7, 11) is 0. The van der Waals surface area contributed by atoms with Crippen molar-refractivity contribution in [1.82, 2.24) is 10.3 Å². The smallest absolute Gasteiger partial charge is 0.0731 e. The van der Waals surface area contributed by atoms with Crippen LogP contribution in [0.3, 0.4) is 0 Å². The lowest BCUT2D eigenvalue weighted by atomic mass is 9.99. The third kappa shape index (κ3) is 6.33. The molecule has 1 rings (SSSR count). The summed E-state index contributed by atoms with van der Waals surface area (Å²) in [5.74, 6) is 0. The van der Waals surface area contributed by atoms with Gasteiger partial charge >= 0.3 is 0 Å². The van der Waals surface area contributed by atoms with Crippen LogP contribution < -0.4 is 5.32 Å². The third-order valence-electron chi connectivity index (χ3n) is 3.28. The molecule has 0 bridgehead atoms. The van der Waals surface area contributed by atoms with Gasteiger partial charge in [0.2, 0.25) is 0 Å². The maximum atomic E-state index is 5.95. The summed E-state index contributed by atoms with van der Waals surface area (Å²) in [4.78, 5) is 4.25. The molecular weight excluding hydrogens is 316 g/mol. The normalized spacial score (nSPS) is 14.2. The highest BCUT2D eigenvalue weighted by molar-refractivity contribution is 9.10. The lowest BCUT2D eigenvalue weighted by Crippen LogP contribution is -2.43. The predicted molar refractivity (Wildman–Crippen MR) is 88.0 cm³/mol. The highest BCUT2D eigenvalue weighted by atomic mass is 79.9. The van der Waals surface area contributed by atoms with E-state index in [1.54, 1.807) is 0 Å². The first-order chi connectivity index (χ1) is 9.71. The van der Waals surface area contributed by atoms with E-state index >= 15 is 0 Å². The van der Waals surface area contributed by atoms with Crippen molar-refractivity contribution < 1.29 is 4.74 Å². The van der Waals surface area contributed by atoms with Crippen LogP contribution in [0.2, 0.25) is 0 Å². The van der Waals surface area contributed by atoms with Gasteiger partial charge in [-0.05, 0) is 60.3 Å². The zero-order valence-corrected chi connectivity index (χ0v) is 14.4. The van der Waals surface area contributed by atoms with Crippen molar-refractivity contribution in [2.45, 2.75) is 58.6 Å². The molecule has 4 heteroatoms. The van der Waals surface area contributed by atoms with Gasteiger partial charge in [0.25, 0.3) is 0 Å². The summed E-state index contributed by atoms with van der Waals surface area (Å²) in [6.45, 7) is 8.27. The number of rotatable bonds is 10. The van der Waals surface area contributed by atoms with E-state index in [0.29, 0.717) is 6.04 Å². The Kier molecular flexibility index (Phi) is 9.07. The summed E-state index contributed by atoms with van der Waals surface area (Å²) in [6.07, 6.45) is 8.37. The van der Waals surface area contributed by atoms with E-state index in [4.69, 9.17) is 4.74 Å². The minimum Gasteiger partial charge on any atom is -0.377 e. The van der Waals surface area contributed by atoms with Crippen molar-refractivity contribution in [2.24, 2.45) is 0 Å². The molecule has 0 spiro atoms. The Hall–Kier alpha value is -0.450. The van der Waals surface area contributed by atoms with Gasteiger partial charge in [0.1, 0.15) is 0 Å². The van der Waals surface area contributed by atoms with Gasteiger partial charge < -0.3 is 10.1 Å². The van der Waals surface area contributed by atoms with Gasteiger partial charge in [0, 0.05) is 29.5 Å². The topological polar surface area (TPSA) is 34.2 Å². The number of nitrogens with one attached hydrogen (secondary N) is 1. The van der Waals surface area contributed by atoms with Crippen molar-refractivity contribution in [3.05, 3.63) is 28.5 Å². The number of halogens is 1. The van der Waals surface area contributed by atoms with E-state index in [1.807, 2.05) is 12.4 Å². The van der Waals surface area contributed by atoms with Crippen molar-refractivity contribution >= 4 is 15.9 Å².